The molecule has 0 saturated carbocycles. The van der Waals surface area contributed by atoms with Crippen molar-refractivity contribution in [3.8, 4) is 0 Å². The van der Waals surface area contributed by atoms with E-state index in [0.29, 0.717) is 28.4 Å². The number of hydrogen-bond acceptors (Lipinski definition) is 2. The molecule has 0 bridgehead atoms. The first-order chi connectivity index (χ1) is 9.91. The average molecular weight is 323 g/mol. The second kappa shape index (κ2) is 6.46. The van der Waals surface area contributed by atoms with Crippen molar-refractivity contribution >= 4 is 29.1 Å². The molecule has 1 heterocycles. The first kappa shape index (κ1) is 15.8. The van der Waals surface area contributed by atoms with Gasteiger partial charge >= 0.3 is 0 Å². The van der Waals surface area contributed by atoms with Crippen molar-refractivity contribution < 1.29 is 4.79 Å². The molecule has 0 fully saturated rings. The SMILES string of the molecule is Cc1nc(Cl)c(C(=O)N(C)Cc2ccccc2)c(C)c1Cl. The van der Waals surface area contributed by atoms with Gasteiger partial charge in [0.25, 0.3) is 5.91 Å². The predicted molar refractivity (Wildman–Crippen MR) is 86.0 cm³/mol. The maximum absolute atomic E-state index is 12.6. The standard InChI is InChI=1S/C16H16Cl2N2O/c1-10-13(15(18)19-11(2)14(10)17)16(21)20(3)9-12-7-5-4-6-8-12/h4-8H,9H2,1-3H3. The lowest BCUT2D eigenvalue weighted by molar-refractivity contribution is 0.0784. The molecule has 0 aliphatic heterocycles. The lowest BCUT2D eigenvalue weighted by Gasteiger charge is -2.20. The fourth-order valence-electron chi connectivity index (χ4n) is 2.16. The van der Waals surface area contributed by atoms with E-state index in [0.717, 1.165) is 5.56 Å². The van der Waals surface area contributed by atoms with E-state index >= 15 is 0 Å². The van der Waals surface area contributed by atoms with E-state index in [1.165, 1.54) is 0 Å². The van der Waals surface area contributed by atoms with Crippen molar-refractivity contribution in [1.82, 2.24) is 9.88 Å². The van der Waals surface area contributed by atoms with Gasteiger partial charge in [-0.3, -0.25) is 4.79 Å². The summed E-state index contributed by atoms with van der Waals surface area (Å²) < 4.78 is 0. The maximum Gasteiger partial charge on any atom is 0.257 e. The van der Waals surface area contributed by atoms with Crippen LogP contribution in [0, 0.1) is 13.8 Å². The number of amides is 1. The summed E-state index contributed by atoms with van der Waals surface area (Å²) in [6, 6.07) is 9.76. The van der Waals surface area contributed by atoms with Gasteiger partial charge in [0.15, 0.2) is 0 Å². The summed E-state index contributed by atoms with van der Waals surface area (Å²) in [4.78, 5) is 18.3. The Labute approximate surface area is 134 Å². The molecule has 0 unspecified atom stereocenters. The van der Waals surface area contributed by atoms with E-state index in [-0.39, 0.29) is 11.1 Å². The number of hydrogen-bond donors (Lipinski definition) is 0. The predicted octanol–water partition coefficient (Wildman–Crippen LogP) is 4.28. The molecule has 0 spiro atoms. The Morgan fingerprint density at radius 3 is 2.43 bits per heavy atom. The molecular weight excluding hydrogens is 307 g/mol. The van der Waals surface area contributed by atoms with Gasteiger partial charge in [-0.1, -0.05) is 53.5 Å². The smallest absolute Gasteiger partial charge is 0.257 e. The van der Waals surface area contributed by atoms with Gasteiger partial charge < -0.3 is 4.90 Å². The largest absolute Gasteiger partial charge is 0.337 e. The van der Waals surface area contributed by atoms with Crippen LogP contribution in [0.3, 0.4) is 0 Å². The summed E-state index contributed by atoms with van der Waals surface area (Å²) in [6.45, 7) is 4.05. The summed E-state index contributed by atoms with van der Waals surface area (Å²) in [5.74, 6) is -0.184. The first-order valence-electron chi connectivity index (χ1n) is 6.53. The Hall–Kier alpha value is -1.58. The van der Waals surface area contributed by atoms with Gasteiger partial charge in [0.05, 0.1) is 16.3 Å². The lowest BCUT2D eigenvalue weighted by atomic mass is 10.1. The number of halogens is 2. The fourth-order valence-corrected chi connectivity index (χ4v) is 2.64. The molecule has 0 N–H and O–H groups in total. The number of rotatable bonds is 3. The highest BCUT2D eigenvalue weighted by Crippen LogP contribution is 2.28. The van der Waals surface area contributed by atoms with Crippen molar-refractivity contribution in [2.24, 2.45) is 0 Å². The van der Waals surface area contributed by atoms with Crippen LogP contribution >= 0.6 is 23.2 Å². The third-order valence-electron chi connectivity index (χ3n) is 3.32. The minimum atomic E-state index is -0.184. The number of aromatic nitrogens is 1. The normalized spacial score (nSPS) is 10.5. The monoisotopic (exact) mass is 322 g/mol. The molecule has 2 aromatic rings. The molecule has 3 nitrogen and oxygen atoms in total. The quantitative estimate of drug-likeness (QED) is 0.790. The number of benzene rings is 1. The Morgan fingerprint density at radius 1 is 1.19 bits per heavy atom. The minimum absolute atomic E-state index is 0.184. The Morgan fingerprint density at radius 2 is 1.81 bits per heavy atom. The maximum atomic E-state index is 12.6. The van der Waals surface area contributed by atoms with Crippen LogP contribution in [0.5, 0.6) is 0 Å². The van der Waals surface area contributed by atoms with Gasteiger partial charge in [0, 0.05) is 13.6 Å². The third-order valence-corrected chi connectivity index (χ3v) is 4.15. The highest BCUT2D eigenvalue weighted by molar-refractivity contribution is 6.35. The van der Waals surface area contributed by atoms with Gasteiger partial charge in [-0.15, -0.1) is 0 Å². The molecule has 0 atom stereocenters. The summed E-state index contributed by atoms with van der Waals surface area (Å²) in [6.07, 6.45) is 0. The van der Waals surface area contributed by atoms with Crippen LogP contribution in [0.2, 0.25) is 10.2 Å². The highest BCUT2D eigenvalue weighted by atomic mass is 35.5. The number of pyridine rings is 1. The minimum Gasteiger partial charge on any atom is -0.337 e. The topological polar surface area (TPSA) is 33.2 Å². The molecule has 21 heavy (non-hydrogen) atoms. The summed E-state index contributed by atoms with van der Waals surface area (Å²) in [5, 5.41) is 0.676. The Kier molecular flexibility index (Phi) is 4.86. The van der Waals surface area contributed by atoms with Crippen molar-refractivity contribution in [3.63, 3.8) is 0 Å². The van der Waals surface area contributed by atoms with Crippen molar-refractivity contribution in [2.75, 3.05) is 7.05 Å². The van der Waals surface area contributed by atoms with Crippen LogP contribution in [0.1, 0.15) is 27.2 Å². The molecule has 1 aromatic heterocycles. The van der Waals surface area contributed by atoms with Gasteiger partial charge in [-0.05, 0) is 25.0 Å². The van der Waals surface area contributed by atoms with Crippen molar-refractivity contribution in [3.05, 3.63) is 62.9 Å². The zero-order valence-electron chi connectivity index (χ0n) is 12.2. The molecule has 0 radical (unpaired) electrons. The Balaban J connectivity index is 2.30. The highest BCUT2D eigenvalue weighted by Gasteiger charge is 2.21. The van der Waals surface area contributed by atoms with Crippen LogP contribution < -0.4 is 0 Å². The summed E-state index contributed by atoms with van der Waals surface area (Å²) in [5.41, 5.74) is 2.71. The number of carbonyl (C=O) groups excluding carboxylic acids is 1. The van der Waals surface area contributed by atoms with E-state index < -0.39 is 0 Å². The molecule has 0 saturated heterocycles. The molecule has 1 amide bonds. The molecular formula is C16H16Cl2N2O. The summed E-state index contributed by atoms with van der Waals surface area (Å²) in [7, 11) is 1.73. The molecule has 2 rings (SSSR count). The first-order valence-corrected chi connectivity index (χ1v) is 7.29. The molecule has 110 valence electrons. The number of carbonyl (C=O) groups is 1. The lowest BCUT2D eigenvalue weighted by Crippen LogP contribution is -2.27. The van der Waals surface area contributed by atoms with Crippen LogP contribution in [0.15, 0.2) is 30.3 Å². The second-order valence-corrected chi connectivity index (χ2v) is 5.68. The van der Waals surface area contributed by atoms with E-state index in [4.69, 9.17) is 23.2 Å². The van der Waals surface area contributed by atoms with Gasteiger partial charge in [0.2, 0.25) is 0 Å². The number of aryl methyl sites for hydroxylation is 1. The molecule has 5 heteroatoms. The van der Waals surface area contributed by atoms with Crippen LogP contribution in [-0.2, 0) is 6.54 Å². The van der Waals surface area contributed by atoms with Crippen molar-refractivity contribution in [2.45, 2.75) is 20.4 Å². The van der Waals surface area contributed by atoms with Gasteiger partial charge in [0.1, 0.15) is 5.15 Å². The molecule has 0 aliphatic carbocycles. The fraction of sp³-hybridized carbons (Fsp3) is 0.250. The van der Waals surface area contributed by atoms with E-state index in [2.05, 4.69) is 4.98 Å². The van der Waals surface area contributed by atoms with Crippen molar-refractivity contribution in [1.29, 1.82) is 0 Å². The zero-order valence-corrected chi connectivity index (χ0v) is 13.7. The second-order valence-electron chi connectivity index (χ2n) is 4.95. The average Bonchev–Trinajstić information content (AvgIpc) is 2.45. The van der Waals surface area contributed by atoms with Crippen LogP contribution in [0.25, 0.3) is 0 Å². The zero-order chi connectivity index (χ0) is 15.6. The van der Waals surface area contributed by atoms with Gasteiger partial charge in [-0.25, -0.2) is 4.98 Å². The van der Waals surface area contributed by atoms with Crippen LogP contribution in [-0.4, -0.2) is 22.8 Å². The molecule has 0 aliphatic rings. The van der Waals surface area contributed by atoms with Crippen LogP contribution in [0.4, 0.5) is 0 Å². The van der Waals surface area contributed by atoms with Gasteiger partial charge in [-0.2, -0.15) is 0 Å². The van der Waals surface area contributed by atoms with E-state index in [9.17, 15) is 4.79 Å². The van der Waals surface area contributed by atoms with E-state index in [1.54, 1.807) is 25.8 Å². The number of nitrogens with zero attached hydrogens (tertiary/aromatic N) is 2. The Bertz CT molecular complexity index is 672. The molecule has 1 aromatic carbocycles. The van der Waals surface area contributed by atoms with E-state index in [1.807, 2.05) is 30.3 Å². The third kappa shape index (κ3) is 3.36. The summed E-state index contributed by atoms with van der Waals surface area (Å²) >= 11 is 12.3.